The van der Waals surface area contributed by atoms with E-state index >= 15 is 0 Å². The van der Waals surface area contributed by atoms with Gasteiger partial charge in [0, 0.05) is 6.07 Å². The normalized spacial score (nSPS) is 11.2. The molecular formula is C25H20FN5O3S3. The van der Waals surface area contributed by atoms with Crippen molar-refractivity contribution in [3.63, 3.8) is 0 Å². The summed E-state index contributed by atoms with van der Waals surface area (Å²) >= 11 is 7.69. The second kappa shape index (κ2) is 10.0. The van der Waals surface area contributed by atoms with Crippen molar-refractivity contribution in [3.05, 3.63) is 85.5 Å². The van der Waals surface area contributed by atoms with Crippen molar-refractivity contribution in [1.82, 2.24) is 19.3 Å². The molecule has 1 amide bonds. The lowest BCUT2D eigenvalue weighted by atomic mass is 10.2. The zero-order valence-electron chi connectivity index (χ0n) is 19.9. The Kier molecular flexibility index (Phi) is 6.80. The maximum Gasteiger partial charge on any atom is 0.278 e. The number of nitrogens with one attached hydrogen (secondary N) is 1. The minimum absolute atomic E-state index is 0.0562. The molecule has 2 aromatic carbocycles. The number of anilines is 1. The Labute approximate surface area is 223 Å². The van der Waals surface area contributed by atoms with Crippen LogP contribution in [0.1, 0.15) is 16.9 Å². The number of carbonyl (C=O) groups excluding carboxylic acids is 1. The molecule has 8 nitrogen and oxygen atoms in total. The number of aromatic nitrogens is 4. The van der Waals surface area contributed by atoms with Crippen molar-refractivity contribution in [2.75, 3.05) is 11.1 Å². The van der Waals surface area contributed by atoms with Crippen LogP contribution in [0.2, 0.25) is 0 Å². The Morgan fingerprint density at radius 2 is 1.84 bits per heavy atom. The molecule has 0 aliphatic rings. The van der Waals surface area contributed by atoms with E-state index in [4.69, 9.17) is 21.7 Å². The van der Waals surface area contributed by atoms with Gasteiger partial charge in [-0.1, -0.05) is 52.0 Å². The number of carbonyl (C=O) groups is 1. The van der Waals surface area contributed by atoms with Crippen LogP contribution in [0.5, 0.6) is 0 Å². The maximum atomic E-state index is 14.8. The molecule has 3 heterocycles. The molecule has 0 radical (unpaired) electrons. The fraction of sp³-hybridized carbons (Fsp3) is 0.160. The van der Waals surface area contributed by atoms with E-state index in [0.29, 0.717) is 25.9 Å². The molecule has 0 saturated carbocycles. The Balaban J connectivity index is 1.64. The third kappa shape index (κ3) is 4.99. The summed E-state index contributed by atoms with van der Waals surface area (Å²) in [5.74, 6) is -0.0334. The molecule has 1 N–H and O–H groups in total. The van der Waals surface area contributed by atoms with Gasteiger partial charge in [0.15, 0.2) is 20.6 Å². The lowest BCUT2D eigenvalue weighted by Crippen LogP contribution is -2.23. The highest BCUT2D eigenvalue weighted by Crippen LogP contribution is 2.29. The number of thioether (sulfide) groups is 1. The topological polar surface area (TPSA) is 94.9 Å². The molecule has 37 heavy (non-hydrogen) atoms. The van der Waals surface area contributed by atoms with Crippen molar-refractivity contribution >= 4 is 57.4 Å². The minimum atomic E-state index is -0.484. The zero-order chi connectivity index (χ0) is 26.3. The summed E-state index contributed by atoms with van der Waals surface area (Å²) in [5, 5.41) is 6.69. The molecule has 0 saturated heterocycles. The largest absolute Gasteiger partial charge is 0.360 e. The summed E-state index contributed by atoms with van der Waals surface area (Å²) in [6.45, 7) is 5.51. The Hall–Kier alpha value is -3.61. The van der Waals surface area contributed by atoms with Crippen LogP contribution >= 0.6 is 35.3 Å². The zero-order valence-corrected chi connectivity index (χ0v) is 22.4. The highest BCUT2D eigenvalue weighted by Gasteiger charge is 2.21. The third-order valence-corrected chi connectivity index (χ3v) is 7.73. The fourth-order valence-electron chi connectivity index (χ4n) is 3.69. The first-order valence-electron chi connectivity index (χ1n) is 11.1. The smallest absolute Gasteiger partial charge is 0.278 e. The molecule has 0 unspecified atom stereocenters. The Morgan fingerprint density at radius 3 is 2.54 bits per heavy atom. The number of benzene rings is 2. The molecular weight excluding hydrogens is 534 g/mol. The van der Waals surface area contributed by atoms with Crippen molar-refractivity contribution in [1.29, 1.82) is 0 Å². The van der Waals surface area contributed by atoms with Crippen molar-refractivity contribution < 1.29 is 13.7 Å². The summed E-state index contributed by atoms with van der Waals surface area (Å²) in [6.07, 6.45) is 0. The molecule has 12 heteroatoms. The number of hydrogen-bond acceptors (Lipinski definition) is 8. The van der Waals surface area contributed by atoms with Crippen molar-refractivity contribution in [2.45, 2.75) is 25.9 Å². The van der Waals surface area contributed by atoms with Crippen LogP contribution in [0.25, 0.3) is 21.7 Å². The van der Waals surface area contributed by atoms with Gasteiger partial charge in [0.1, 0.15) is 16.3 Å². The summed E-state index contributed by atoms with van der Waals surface area (Å²) < 4.78 is 23.3. The third-order valence-electron chi connectivity index (χ3n) is 5.44. The average molecular weight is 554 g/mol. The molecule has 0 aliphatic heterocycles. The highest BCUT2D eigenvalue weighted by atomic mass is 32.2. The van der Waals surface area contributed by atoms with Gasteiger partial charge in [0.25, 0.3) is 5.56 Å². The monoisotopic (exact) mass is 553 g/mol. The van der Waals surface area contributed by atoms with Crippen molar-refractivity contribution in [3.8, 4) is 11.4 Å². The van der Waals surface area contributed by atoms with Gasteiger partial charge in [0.2, 0.25) is 5.91 Å². The Bertz CT molecular complexity index is 1770. The van der Waals surface area contributed by atoms with Gasteiger partial charge < -0.3 is 9.84 Å². The van der Waals surface area contributed by atoms with E-state index < -0.39 is 5.82 Å². The lowest BCUT2D eigenvalue weighted by Gasteiger charge is -2.13. The van der Waals surface area contributed by atoms with E-state index in [-0.39, 0.29) is 33.7 Å². The van der Waals surface area contributed by atoms with E-state index in [9.17, 15) is 14.0 Å². The van der Waals surface area contributed by atoms with Crippen LogP contribution in [0.3, 0.4) is 0 Å². The first kappa shape index (κ1) is 25.1. The quantitative estimate of drug-likeness (QED) is 0.163. The van der Waals surface area contributed by atoms with Gasteiger partial charge in [-0.3, -0.25) is 18.7 Å². The van der Waals surface area contributed by atoms with Crippen LogP contribution in [0, 0.1) is 30.5 Å². The van der Waals surface area contributed by atoms with E-state index in [2.05, 4.69) is 10.5 Å². The summed E-state index contributed by atoms with van der Waals surface area (Å²) in [5.41, 5.74) is 2.55. The minimum Gasteiger partial charge on any atom is -0.360 e. The SMILES string of the molecule is Cc1ccc(-n2c(SCC(=O)Nc3cc(C)on3)nc3c(sc(=S)n3-c3cc(C)ccc3F)c2=O)cc1. The van der Waals surface area contributed by atoms with Gasteiger partial charge in [-0.15, -0.1) is 0 Å². The standard InChI is InChI=1S/C25H20FN5O3S3/c1-13-4-7-16(8-5-13)30-23(33)21-22(31(25(35)37-21)18-10-14(2)6-9-17(18)26)28-24(30)36-12-20(32)27-19-11-15(3)34-29-19/h4-11H,12H2,1-3H3,(H,27,29,32). The predicted molar refractivity (Wildman–Crippen MR) is 145 cm³/mol. The molecule has 3 aromatic heterocycles. The number of halogens is 1. The molecule has 188 valence electrons. The second-order valence-electron chi connectivity index (χ2n) is 8.34. The number of fused-ring (bicyclic) bond motifs is 1. The predicted octanol–water partition coefficient (Wildman–Crippen LogP) is 5.75. The van der Waals surface area contributed by atoms with E-state index in [0.717, 1.165) is 34.2 Å². The first-order chi connectivity index (χ1) is 17.7. The number of amides is 1. The second-order valence-corrected chi connectivity index (χ2v) is 10.9. The molecule has 0 atom stereocenters. The van der Waals surface area contributed by atoms with Gasteiger partial charge in [-0.2, -0.15) is 0 Å². The molecule has 0 aliphatic carbocycles. The number of aryl methyl sites for hydroxylation is 3. The molecule has 5 rings (SSSR count). The number of thiazole rings is 1. The van der Waals surface area contributed by atoms with Crippen molar-refractivity contribution in [2.24, 2.45) is 0 Å². The van der Waals surface area contributed by atoms with Gasteiger partial charge >= 0.3 is 0 Å². The van der Waals surface area contributed by atoms with Crippen LogP contribution in [0.15, 0.2) is 63.0 Å². The summed E-state index contributed by atoms with van der Waals surface area (Å²) in [6, 6.07) is 13.7. The molecule has 0 bridgehead atoms. The highest BCUT2D eigenvalue weighted by molar-refractivity contribution is 7.99. The van der Waals surface area contributed by atoms with Crippen LogP contribution in [-0.2, 0) is 4.79 Å². The first-order valence-corrected chi connectivity index (χ1v) is 13.3. The fourth-order valence-corrected chi connectivity index (χ4v) is 5.79. The summed E-state index contributed by atoms with van der Waals surface area (Å²) in [7, 11) is 0. The summed E-state index contributed by atoms with van der Waals surface area (Å²) in [4.78, 5) is 31.1. The lowest BCUT2D eigenvalue weighted by molar-refractivity contribution is -0.113. The van der Waals surface area contributed by atoms with E-state index in [1.54, 1.807) is 25.1 Å². The number of rotatable bonds is 6. The van der Waals surface area contributed by atoms with Gasteiger partial charge in [-0.05, 0) is 62.8 Å². The van der Waals surface area contributed by atoms with Crippen LogP contribution in [0.4, 0.5) is 10.2 Å². The van der Waals surface area contributed by atoms with E-state index in [1.807, 2.05) is 38.1 Å². The van der Waals surface area contributed by atoms with Gasteiger partial charge in [0.05, 0.1) is 17.1 Å². The van der Waals surface area contributed by atoms with Crippen LogP contribution < -0.4 is 10.9 Å². The maximum absolute atomic E-state index is 14.8. The Morgan fingerprint density at radius 1 is 1.11 bits per heavy atom. The average Bonchev–Trinajstić information content (AvgIpc) is 3.42. The number of hydrogen-bond donors (Lipinski definition) is 1. The van der Waals surface area contributed by atoms with Gasteiger partial charge in [-0.25, -0.2) is 9.37 Å². The molecule has 0 spiro atoms. The molecule has 5 aromatic rings. The molecule has 0 fully saturated rings. The number of nitrogens with zero attached hydrogens (tertiary/aromatic N) is 4. The van der Waals surface area contributed by atoms with E-state index in [1.165, 1.54) is 15.2 Å². The van der Waals surface area contributed by atoms with Crippen LogP contribution in [-0.4, -0.2) is 30.9 Å².